The second-order valence-corrected chi connectivity index (χ2v) is 4.32. The molecule has 1 nitrogen and oxygen atoms in total. The van der Waals surface area contributed by atoms with Gasteiger partial charge in [0, 0.05) is 0 Å². The maximum atomic E-state index is 5.42. The largest absolute Gasteiger partial charge is 0.273 e. The van der Waals surface area contributed by atoms with Crippen molar-refractivity contribution in [1.82, 2.24) is 0 Å². The Kier molecular flexibility index (Phi) is 5.94. The van der Waals surface area contributed by atoms with Crippen LogP contribution in [0.25, 0.3) is 0 Å². The van der Waals surface area contributed by atoms with Crippen LogP contribution in [0.4, 0.5) is 0 Å². The zero-order valence-corrected chi connectivity index (χ0v) is 9.45. The lowest BCUT2D eigenvalue weighted by atomic mass is 9.94. The highest BCUT2D eigenvalue weighted by Crippen LogP contribution is 2.24. The van der Waals surface area contributed by atoms with Gasteiger partial charge in [0.2, 0.25) is 0 Å². The molecule has 0 heterocycles. The molecule has 12 heavy (non-hydrogen) atoms. The molecule has 0 amide bonds. The highest BCUT2D eigenvalue weighted by Gasteiger charge is 2.21. The lowest BCUT2D eigenvalue weighted by molar-refractivity contribution is 0.0837. The molecule has 0 aromatic rings. The molecule has 1 atom stereocenters. The van der Waals surface area contributed by atoms with Crippen LogP contribution in [0.15, 0.2) is 0 Å². The summed E-state index contributed by atoms with van der Waals surface area (Å²) in [7, 11) is 0. The van der Waals surface area contributed by atoms with E-state index in [2.05, 4.69) is 27.7 Å². The van der Waals surface area contributed by atoms with E-state index >= 15 is 0 Å². The van der Waals surface area contributed by atoms with Gasteiger partial charge in [0.25, 0.3) is 0 Å². The maximum absolute atomic E-state index is 5.42. The molecule has 1 unspecified atom stereocenters. The van der Waals surface area contributed by atoms with Gasteiger partial charge in [0.1, 0.15) is 0 Å². The summed E-state index contributed by atoms with van der Waals surface area (Å²) in [5, 5.41) is 0. The summed E-state index contributed by atoms with van der Waals surface area (Å²) < 4.78 is 4.94. The summed E-state index contributed by atoms with van der Waals surface area (Å²) in [6, 6.07) is 0. The molecule has 0 aliphatic rings. The molecule has 0 rings (SSSR count). The Balaban J connectivity index is 3.58. The SMILES string of the molecule is CCC(C)(CCCC(C)C)OCl. The minimum absolute atomic E-state index is 0.115. The molecule has 0 N–H and O–H groups in total. The molecule has 74 valence electrons. The third-order valence-electron chi connectivity index (χ3n) is 2.42. The predicted molar refractivity (Wildman–Crippen MR) is 54.3 cm³/mol. The van der Waals surface area contributed by atoms with Gasteiger partial charge in [0.05, 0.1) is 17.5 Å². The monoisotopic (exact) mass is 192 g/mol. The zero-order chi connectivity index (χ0) is 9.61. The summed E-state index contributed by atoms with van der Waals surface area (Å²) in [5.74, 6) is 0.779. The average molecular weight is 193 g/mol. The Bertz CT molecular complexity index is 108. The summed E-state index contributed by atoms with van der Waals surface area (Å²) in [5.41, 5.74) is -0.115. The highest BCUT2D eigenvalue weighted by molar-refractivity contribution is 6.07. The van der Waals surface area contributed by atoms with E-state index in [1.807, 2.05) is 0 Å². The van der Waals surface area contributed by atoms with Crippen molar-refractivity contribution in [2.75, 3.05) is 0 Å². The fourth-order valence-corrected chi connectivity index (χ4v) is 1.34. The van der Waals surface area contributed by atoms with Crippen molar-refractivity contribution in [2.45, 2.75) is 59.0 Å². The Hall–Kier alpha value is 0.250. The molecule has 0 spiro atoms. The number of hydrogen-bond acceptors (Lipinski definition) is 1. The van der Waals surface area contributed by atoms with Gasteiger partial charge in [0.15, 0.2) is 0 Å². The second-order valence-electron chi connectivity index (χ2n) is 4.17. The molecule has 0 aliphatic carbocycles. The Labute approximate surface area is 81.6 Å². The molecule has 2 heteroatoms. The Morgan fingerprint density at radius 2 is 2.00 bits per heavy atom. The van der Waals surface area contributed by atoms with Crippen LogP contribution < -0.4 is 0 Å². The summed E-state index contributed by atoms with van der Waals surface area (Å²) in [6.07, 6.45) is 4.50. The zero-order valence-electron chi connectivity index (χ0n) is 8.69. The maximum Gasteiger partial charge on any atom is 0.0866 e. The van der Waals surface area contributed by atoms with E-state index < -0.39 is 0 Å². The molecule has 0 aromatic carbocycles. The van der Waals surface area contributed by atoms with Gasteiger partial charge >= 0.3 is 0 Å². The molecule has 0 bridgehead atoms. The number of halogens is 1. The van der Waals surface area contributed by atoms with Crippen molar-refractivity contribution < 1.29 is 4.29 Å². The minimum atomic E-state index is -0.115. The number of rotatable bonds is 6. The van der Waals surface area contributed by atoms with Gasteiger partial charge in [-0.1, -0.05) is 33.6 Å². The van der Waals surface area contributed by atoms with Gasteiger partial charge in [-0.25, -0.2) is 0 Å². The molecular weight excluding hydrogens is 172 g/mol. The van der Waals surface area contributed by atoms with Crippen LogP contribution >= 0.6 is 11.9 Å². The lowest BCUT2D eigenvalue weighted by Gasteiger charge is -2.24. The third kappa shape index (κ3) is 5.00. The normalized spacial score (nSPS) is 16.5. The summed E-state index contributed by atoms with van der Waals surface area (Å²) in [4.78, 5) is 0. The lowest BCUT2D eigenvalue weighted by Crippen LogP contribution is -2.23. The van der Waals surface area contributed by atoms with Crippen molar-refractivity contribution in [3.05, 3.63) is 0 Å². The molecule has 0 saturated heterocycles. The van der Waals surface area contributed by atoms with E-state index in [0.29, 0.717) is 0 Å². The molecule has 0 radical (unpaired) electrons. The van der Waals surface area contributed by atoms with Gasteiger partial charge in [-0.15, -0.1) is 0 Å². The standard InChI is InChI=1S/C10H21ClO/c1-5-10(4,12-11)8-6-7-9(2)3/h9H,5-8H2,1-4H3. The van der Waals surface area contributed by atoms with Crippen LogP contribution in [0.5, 0.6) is 0 Å². The minimum Gasteiger partial charge on any atom is -0.273 e. The van der Waals surface area contributed by atoms with E-state index in [4.69, 9.17) is 16.2 Å². The first-order chi connectivity index (χ1) is 5.54. The first-order valence-electron chi connectivity index (χ1n) is 4.84. The van der Waals surface area contributed by atoms with E-state index in [-0.39, 0.29) is 5.60 Å². The first kappa shape index (κ1) is 12.2. The van der Waals surface area contributed by atoms with E-state index in [1.165, 1.54) is 12.8 Å². The molecule has 0 aromatic heterocycles. The van der Waals surface area contributed by atoms with Gasteiger partial charge in [-0.2, -0.15) is 0 Å². The van der Waals surface area contributed by atoms with Crippen molar-refractivity contribution >= 4 is 11.9 Å². The number of hydrogen-bond donors (Lipinski definition) is 0. The van der Waals surface area contributed by atoms with Gasteiger partial charge < -0.3 is 0 Å². The van der Waals surface area contributed by atoms with Crippen molar-refractivity contribution in [3.8, 4) is 0 Å². The van der Waals surface area contributed by atoms with E-state index in [1.54, 1.807) is 0 Å². The van der Waals surface area contributed by atoms with Crippen LogP contribution in [0.3, 0.4) is 0 Å². The van der Waals surface area contributed by atoms with E-state index in [0.717, 1.165) is 18.8 Å². The average Bonchev–Trinajstić information content (AvgIpc) is 2.03. The van der Waals surface area contributed by atoms with Crippen LogP contribution in [0, 0.1) is 5.92 Å². The quantitative estimate of drug-likeness (QED) is 0.615. The van der Waals surface area contributed by atoms with E-state index in [9.17, 15) is 0 Å². The van der Waals surface area contributed by atoms with Crippen LogP contribution in [-0.4, -0.2) is 5.60 Å². The van der Waals surface area contributed by atoms with Crippen LogP contribution in [0.1, 0.15) is 53.4 Å². The predicted octanol–water partition coefficient (Wildman–Crippen LogP) is 4.15. The summed E-state index contributed by atoms with van der Waals surface area (Å²) >= 11 is 5.42. The molecule has 0 aliphatic heterocycles. The van der Waals surface area contributed by atoms with Crippen molar-refractivity contribution in [2.24, 2.45) is 5.92 Å². The van der Waals surface area contributed by atoms with Crippen molar-refractivity contribution in [1.29, 1.82) is 0 Å². The summed E-state index contributed by atoms with van der Waals surface area (Å²) in [6.45, 7) is 8.66. The van der Waals surface area contributed by atoms with Gasteiger partial charge in [-0.3, -0.25) is 4.29 Å². The van der Waals surface area contributed by atoms with Gasteiger partial charge in [-0.05, 0) is 25.7 Å². The smallest absolute Gasteiger partial charge is 0.0866 e. The fourth-order valence-electron chi connectivity index (χ4n) is 1.15. The first-order valence-corrected chi connectivity index (χ1v) is 5.14. The molecule has 0 fully saturated rings. The third-order valence-corrected chi connectivity index (χ3v) is 2.79. The Morgan fingerprint density at radius 1 is 1.42 bits per heavy atom. The fraction of sp³-hybridized carbons (Fsp3) is 1.00. The van der Waals surface area contributed by atoms with Crippen LogP contribution in [0.2, 0.25) is 0 Å². The topological polar surface area (TPSA) is 9.23 Å². The van der Waals surface area contributed by atoms with Crippen LogP contribution in [-0.2, 0) is 4.29 Å². The van der Waals surface area contributed by atoms with Crippen molar-refractivity contribution in [3.63, 3.8) is 0 Å². The molecule has 0 saturated carbocycles. The Morgan fingerprint density at radius 3 is 2.33 bits per heavy atom. The highest BCUT2D eigenvalue weighted by atomic mass is 35.5. The second kappa shape index (κ2) is 5.82. The molecular formula is C10H21ClO.